The average Bonchev–Trinajstić information content (AvgIpc) is 2.40. The van der Waals surface area contributed by atoms with Gasteiger partial charge in [-0.25, -0.2) is 13.2 Å². The number of carboxylic acids is 1. The molecule has 5 nitrogen and oxygen atoms in total. The summed E-state index contributed by atoms with van der Waals surface area (Å²) in [6, 6.07) is 8.15. The molecule has 0 fully saturated rings. The molecule has 2 aromatic carbocycles. The molecule has 0 unspecified atom stereocenters. The first-order chi connectivity index (χ1) is 10.2. The minimum Gasteiger partial charge on any atom is -0.478 e. The number of benzene rings is 2. The van der Waals surface area contributed by atoms with E-state index in [0.717, 1.165) is 0 Å². The van der Waals surface area contributed by atoms with Gasteiger partial charge in [-0.15, -0.1) is 0 Å². The van der Waals surface area contributed by atoms with E-state index in [9.17, 15) is 13.2 Å². The largest absolute Gasteiger partial charge is 0.478 e. The third kappa shape index (κ3) is 3.30. The van der Waals surface area contributed by atoms with Crippen LogP contribution in [0, 0.1) is 0 Å². The molecule has 116 valence electrons. The minimum atomic E-state index is -4.13. The maximum absolute atomic E-state index is 12.4. The Kier molecular flexibility index (Phi) is 4.87. The Morgan fingerprint density at radius 1 is 1.00 bits per heavy atom. The van der Waals surface area contributed by atoms with Crippen molar-refractivity contribution in [3.63, 3.8) is 0 Å². The molecule has 0 saturated carbocycles. The number of hydrogen-bond donors (Lipinski definition) is 2. The zero-order valence-electron chi connectivity index (χ0n) is 10.7. The molecule has 0 heterocycles. The molecule has 9 heteroatoms. The molecule has 0 saturated heterocycles. The fraction of sp³-hybridized carbons (Fsp3) is 0. The lowest BCUT2D eigenvalue weighted by molar-refractivity contribution is 0.0698. The second-order valence-electron chi connectivity index (χ2n) is 4.13. The Morgan fingerprint density at radius 2 is 1.59 bits per heavy atom. The summed E-state index contributed by atoms with van der Waals surface area (Å²) in [5.41, 5.74) is -0.526. The zero-order chi connectivity index (χ0) is 16.5. The van der Waals surface area contributed by atoms with Crippen LogP contribution in [0.4, 0.5) is 5.69 Å². The maximum Gasteiger partial charge on any atom is 0.339 e. The molecule has 2 aromatic rings. The second kappa shape index (κ2) is 6.34. The van der Waals surface area contributed by atoms with Gasteiger partial charge in [0, 0.05) is 0 Å². The summed E-state index contributed by atoms with van der Waals surface area (Å²) in [4.78, 5) is 11.0. The van der Waals surface area contributed by atoms with Gasteiger partial charge >= 0.3 is 5.97 Å². The standard InChI is InChI=1S/C13H8Cl3NO4S/c14-7-3-1-5-9(11(7)13(18)19)17-22(20,21)10-6-2-4-8(15)12(10)16/h1-6,17H,(H,18,19). The van der Waals surface area contributed by atoms with E-state index in [4.69, 9.17) is 39.9 Å². The van der Waals surface area contributed by atoms with Gasteiger partial charge in [-0.1, -0.05) is 46.9 Å². The van der Waals surface area contributed by atoms with Gasteiger partial charge in [-0.05, 0) is 24.3 Å². The summed E-state index contributed by atoms with van der Waals surface area (Å²) in [7, 11) is -4.13. The fourth-order valence-corrected chi connectivity index (χ4v) is 3.81. The zero-order valence-corrected chi connectivity index (χ0v) is 13.8. The van der Waals surface area contributed by atoms with E-state index >= 15 is 0 Å². The minimum absolute atomic E-state index is 0.0640. The fourth-order valence-electron chi connectivity index (χ4n) is 1.72. The summed E-state index contributed by atoms with van der Waals surface area (Å²) < 4.78 is 26.9. The van der Waals surface area contributed by atoms with Crippen molar-refractivity contribution < 1.29 is 18.3 Å². The molecule has 0 bridgehead atoms. The molecular formula is C13H8Cl3NO4S. The highest BCUT2D eigenvalue weighted by Crippen LogP contribution is 2.32. The van der Waals surface area contributed by atoms with Crippen LogP contribution in [-0.4, -0.2) is 19.5 Å². The van der Waals surface area contributed by atoms with E-state index in [1.807, 2.05) is 0 Å². The summed E-state index contributed by atoms with van der Waals surface area (Å²) >= 11 is 17.5. The predicted octanol–water partition coefficient (Wildman–Crippen LogP) is 4.15. The highest BCUT2D eigenvalue weighted by atomic mass is 35.5. The van der Waals surface area contributed by atoms with Gasteiger partial charge < -0.3 is 5.11 Å². The van der Waals surface area contributed by atoms with Crippen molar-refractivity contribution in [2.24, 2.45) is 0 Å². The van der Waals surface area contributed by atoms with Crippen LogP contribution in [0.25, 0.3) is 0 Å². The van der Waals surface area contributed by atoms with E-state index in [1.165, 1.54) is 36.4 Å². The number of rotatable bonds is 4. The monoisotopic (exact) mass is 379 g/mol. The molecule has 0 aromatic heterocycles. The Labute approximate surface area is 141 Å². The molecule has 22 heavy (non-hydrogen) atoms. The lowest BCUT2D eigenvalue weighted by atomic mass is 10.2. The summed E-state index contributed by atoms with van der Waals surface area (Å²) in [5.74, 6) is -1.36. The normalized spacial score (nSPS) is 11.2. The number of hydrogen-bond acceptors (Lipinski definition) is 3. The smallest absolute Gasteiger partial charge is 0.339 e. The van der Waals surface area contributed by atoms with Gasteiger partial charge in [0.05, 0.1) is 20.8 Å². The Bertz CT molecular complexity index is 852. The molecule has 0 aliphatic carbocycles. The summed E-state index contributed by atoms with van der Waals surface area (Å²) in [5, 5.41) is 8.96. The lowest BCUT2D eigenvalue weighted by Gasteiger charge is -2.12. The number of halogens is 3. The molecule has 2 N–H and O–H groups in total. The van der Waals surface area contributed by atoms with Crippen molar-refractivity contribution in [2.75, 3.05) is 4.72 Å². The Balaban J connectivity index is 2.53. The quantitative estimate of drug-likeness (QED) is 0.835. The first kappa shape index (κ1) is 16.9. The van der Waals surface area contributed by atoms with Crippen LogP contribution < -0.4 is 4.72 Å². The van der Waals surface area contributed by atoms with Gasteiger partial charge in [0.1, 0.15) is 10.5 Å². The molecule has 0 aliphatic heterocycles. The SMILES string of the molecule is O=C(O)c1c(Cl)cccc1NS(=O)(=O)c1cccc(Cl)c1Cl. The molecule has 0 aliphatic rings. The number of nitrogens with one attached hydrogen (secondary N) is 1. The van der Waals surface area contributed by atoms with Crippen LogP contribution in [0.1, 0.15) is 10.4 Å². The van der Waals surface area contributed by atoms with Gasteiger partial charge in [0.15, 0.2) is 0 Å². The van der Waals surface area contributed by atoms with Crippen molar-refractivity contribution in [2.45, 2.75) is 4.90 Å². The molecule has 2 rings (SSSR count). The predicted molar refractivity (Wildman–Crippen MR) is 85.7 cm³/mol. The van der Waals surface area contributed by atoms with Gasteiger partial charge in [0.2, 0.25) is 0 Å². The lowest BCUT2D eigenvalue weighted by Crippen LogP contribution is -2.16. The average molecular weight is 381 g/mol. The van der Waals surface area contributed by atoms with Gasteiger partial charge in [-0.2, -0.15) is 0 Å². The first-order valence-electron chi connectivity index (χ1n) is 5.72. The maximum atomic E-state index is 12.4. The van der Waals surface area contributed by atoms with E-state index in [2.05, 4.69) is 4.72 Å². The van der Waals surface area contributed by atoms with E-state index in [1.54, 1.807) is 0 Å². The van der Waals surface area contributed by atoms with E-state index in [0.29, 0.717) is 0 Å². The Hall–Kier alpha value is -1.47. The molecule has 0 radical (unpaired) electrons. The topological polar surface area (TPSA) is 83.5 Å². The van der Waals surface area contributed by atoms with Crippen LogP contribution >= 0.6 is 34.8 Å². The van der Waals surface area contributed by atoms with Crippen molar-refractivity contribution >= 4 is 56.5 Å². The van der Waals surface area contributed by atoms with Crippen LogP contribution in [0.15, 0.2) is 41.3 Å². The van der Waals surface area contributed by atoms with Crippen molar-refractivity contribution in [3.05, 3.63) is 57.0 Å². The summed E-state index contributed by atoms with van der Waals surface area (Å²) in [6.45, 7) is 0. The highest BCUT2D eigenvalue weighted by molar-refractivity contribution is 7.92. The summed E-state index contributed by atoms with van der Waals surface area (Å²) in [6.07, 6.45) is 0. The molecule has 0 spiro atoms. The number of anilines is 1. The first-order valence-corrected chi connectivity index (χ1v) is 8.34. The van der Waals surface area contributed by atoms with E-state index in [-0.39, 0.29) is 31.2 Å². The number of sulfonamides is 1. The van der Waals surface area contributed by atoms with Crippen LogP contribution in [0.5, 0.6) is 0 Å². The molecular weight excluding hydrogens is 373 g/mol. The second-order valence-corrected chi connectivity index (χ2v) is 6.97. The van der Waals surface area contributed by atoms with Crippen LogP contribution in [0.2, 0.25) is 15.1 Å². The van der Waals surface area contributed by atoms with Crippen molar-refractivity contribution in [1.82, 2.24) is 0 Å². The van der Waals surface area contributed by atoms with Crippen LogP contribution in [0.3, 0.4) is 0 Å². The van der Waals surface area contributed by atoms with Crippen molar-refractivity contribution in [3.8, 4) is 0 Å². The Morgan fingerprint density at radius 3 is 2.23 bits per heavy atom. The third-order valence-electron chi connectivity index (χ3n) is 2.68. The highest BCUT2D eigenvalue weighted by Gasteiger charge is 2.23. The molecule has 0 amide bonds. The van der Waals surface area contributed by atoms with Gasteiger partial charge in [0.25, 0.3) is 10.0 Å². The molecule has 0 atom stereocenters. The third-order valence-corrected chi connectivity index (χ3v) is 5.33. The number of aromatic carboxylic acids is 1. The van der Waals surface area contributed by atoms with Crippen molar-refractivity contribution in [1.29, 1.82) is 0 Å². The van der Waals surface area contributed by atoms with Gasteiger partial charge in [-0.3, -0.25) is 4.72 Å². The number of carbonyl (C=O) groups is 1. The van der Waals surface area contributed by atoms with E-state index < -0.39 is 16.0 Å². The van der Waals surface area contributed by atoms with Crippen LogP contribution in [-0.2, 0) is 10.0 Å². The number of carboxylic acid groups (broad SMARTS) is 1.